The summed E-state index contributed by atoms with van der Waals surface area (Å²) in [6.07, 6.45) is 2.26. The van der Waals surface area contributed by atoms with Crippen LogP contribution in [0.4, 0.5) is 10.7 Å². The van der Waals surface area contributed by atoms with Gasteiger partial charge < -0.3 is 25.4 Å². The number of esters is 1. The van der Waals surface area contributed by atoms with E-state index >= 15 is 0 Å². The Bertz CT molecular complexity index is 2210. The Labute approximate surface area is 335 Å². The summed E-state index contributed by atoms with van der Waals surface area (Å²) in [6.45, 7) is 8.35. The van der Waals surface area contributed by atoms with E-state index in [9.17, 15) is 19.2 Å². The average molecular weight is 789 g/mol. The van der Waals surface area contributed by atoms with Gasteiger partial charge in [0.25, 0.3) is 11.8 Å². The van der Waals surface area contributed by atoms with E-state index in [4.69, 9.17) is 9.47 Å². The molecule has 0 spiro atoms. The van der Waals surface area contributed by atoms with Crippen LogP contribution in [0.3, 0.4) is 0 Å². The molecule has 12 heteroatoms. The Kier molecular flexibility index (Phi) is 13.7. The minimum absolute atomic E-state index is 0.0241. The lowest BCUT2D eigenvalue weighted by Crippen LogP contribution is -2.30. The lowest BCUT2D eigenvalue weighted by atomic mass is 10.0. The SMILES string of the molecule is CCOC(=O)c1c(NC(=O)C(C)Sc2cccc(NC(=O)/C(=C\c3ccccc3OCC)NC(=O)c3ccccc3)c2)sc2c1CCN(Cc1ccccc1)C2. The number of thiophene rings is 1. The lowest BCUT2D eigenvalue weighted by Gasteiger charge is -2.27. The number of rotatable bonds is 15. The molecule has 0 saturated heterocycles. The van der Waals surface area contributed by atoms with Crippen molar-refractivity contribution in [1.82, 2.24) is 10.2 Å². The molecule has 5 aromatic rings. The van der Waals surface area contributed by atoms with E-state index in [-0.39, 0.29) is 18.2 Å². The molecule has 1 aliphatic heterocycles. The van der Waals surface area contributed by atoms with Crippen LogP contribution in [-0.2, 0) is 33.8 Å². The third-order valence-corrected chi connectivity index (χ3v) is 11.1. The number of anilines is 2. The zero-order valence-electron chi connectivity index (χ0n) is 31.5. The van der Waals surface area contributed by atoms with Gasteiger partial charge in [-0.1, -0.05) is 72.8 Å². The van der Waals surface area contributed by atoms with Crippen LogP contribution < -0.4 is 20.7 Å². The van der Waals surface area contributed by atoms with Gasteiger partial charge in [-0.05, 0) is 80.8 Å². The second-order valence-corrected chi connectivity index (χ2v) is 15.5. The lowest BCUT2D eigenvalue weighted by molar-refractivity contribution is -0.115. The van der Waals surface area contributed by atoms with Crippen LogP contribution in [0.1, 0.15) is 63.1 Å². The van der Waals surface area contributed by atoms with E-state index in [1.807, 2.05) is 49.4 Å². The van der Waals surface area contributed by atoms with E-state index in [2.05, 4.69) is 33.0 Å². The smallest absolute Gasteiger partial charge is 0.341 e. The fourth-order valence-corrected chi connectivity index (χ4v) is 8.45. The molecule has 0 fully saturated rings. The fourth-order valence-electron chi connectivity index (χ4n) is 6.24. The predicted octanol–water partition coefficient (Wildman–Crippen LogP) is 8.41. The highest BCUT2D eigenvalue weighted by molar-refractivity contribution is 8.00. The topological polar surface area (TPSA) is 126 Å². The first-order valence-corrected chi connectivity index (χ1v) is 20.2. The van der Waals surface area contributed by atoms with Crippen LogP contribution in [0.15, 0.2) is 120 Å². The van der Waals surface area contributed by atoms with Crippen LogP contribution in [0.5, 0.6) is 5.75 Å². The second-order valence-electron chi connectivity index (χ2n) is 13.0. The summed E-state index contributed by atoms with van der Waals surface area (Å²) in [5, 5.41) is 8.65. The van der Waals surface area contributed by atoms with Gasteiger partial charge in [0, 0.05) is 46.2 Å². The largest absolute Gasteiger partial charge is 0.493 e. The molecule has 6 rings (SSSR count). The Morgan fingerprint density at radius 3 is 2.36 bits per heavy atom. The van der Waals surface area contributed by atoms with Gasteiger partial charge in [0.15, 0.2) is 0 Å². The molecular weight excluding hydrogens is 745 g/mol. The summed E-state index contributed by atoms with van der Waals surface area (Å²) < 4.78 is 11.2. The Morgan fingerprint density at radius 2 is 1.61 bits per heavy atom. The maximum atomic E-state index is 13.8. The van der Waals surface area contributed by atoms with Crippen LogP contribution in [0.2, 0.25) is 0 Å². The molecule has 10 nitrogen and oxygen atoms in total. The Hall–Kier alpha value is -5.69. The van der Waals surface area contributed by atoms with Crippen molar-refractivity contribution >= 4 is 63.6 Å². The highest BCUT2D eigenvalue weighted by atomic mass is 32.2. The van der Waals surface area contributed by atoms with Gasteiger partial charge in [-0.2, -0.15) is 0 Å². The Balaban J connectivity index is 1.16. The molecule has 1 unspecified atom stereocenters. The number of fused-ring (bicyclic) bond motifs is 1. The summed E-state index contributed by atoms with van der Waals surface area (Å²) in [4.78, 5) is 58.0. The third-order valence-electron chi connectivity index (χ3n) is 8.92. The first kappa shape index (κ1) is 40.0. The van der Waals surface area contributed by atoms with Gasteiger partial charge in [0.1, 0.15) is 16.4 Å². The molecule has 1 aromatic heterocycles. The van der Waals surface area contributed by atoms with Crippen molar-refractivity contribution in [2.45, 2.75) is 50.4 Å². The zero-order valence-corrected chi connectivity index (χ0v) is 33.1. The molecule has 0 saturated carbocycles. The summed E-state index contributed by atoms with van der Waals surface area (Å²) in [5.74, 6) is -1.11. The molecular formula is C44H44N4O6S2. The van der Waals surface area contributed by atoms with Gasteiger partial charge in [-0.3, -0.25) is 19.3 Å². The van der Waals surface area contributed by atoms with Crippen molar-refractivity contribution < 1.29 is 28.7 Å². The van der Waals surface area contributed by atoms with Crippen molar-refractivity contribution in [2.24, 2.45) is 0 Å². The number of thioether (sulfide) groups is 1. The minimum Gasteiger partial charge on any atom is -0.493 e. The number of carbonyl (C=O) groups is 4. The van der Waals surface area contributed by atoms with Crippen LogP contribution >= 0.6 is 23.1 Å². The predicted molar refractivity (Wildman–Crippen MR) is 223 cm³/mol. The van der Waals surface area contributed by atoms with E-state index in [0.29, 0.717) is 52.7 Å². The number of hydrogen-bond donors (Lipinski definition) is 3. The number of benzene rings is 4. The maximum absolute atomic E-state index is 13.8. The quantitative estimate of drug-likeness (QED) is 0.0549. The first-order chi connectivity index (χ1) is 27.2. The summed E-state index contributed by atoms with van der Waals surface area (Å²) in [7, 11) is 0. The molecule has 0 aliphatic carbocycles. The van der Waals surface area contributed by atoms with Crippen molar-refractivity contribution in [3.63, 3.8) is 0 Å². The molecule has 4 aromatic carbocycles. The summed E-state index contributed by atoms with van der Waals surface area (Å²) in [6, 6.07) is 33.3. The van der Waals surface area contributed by atoms with Gasteiger partial charge in [0.05, 0.1) is 24.0 Å². The molecule has 3 amide bonds. The third kappa shape index (κ3) is 10.3. The minimum atomic E-state index is -0.555. The molecule has 2 heterocycles. The van der Waals surface area contributed by atoms with Gasteiger partial charge >= 0.3 is 5.97 Å². The monoisotopic (exact) mass is 788 g/mol. The normalized spacial score (nSPS) is 13.2. The number of ether oxygens (including phenoxy) is 2. The van der Waals surface area contributed by atoms with E-state index in [1.54, 1.807) is 74.5 Å². The standard InChI is InChI=1S/C44H44N4O6S2/c1-4-53-37-22-13-12-19-32(37)25-36(46-41(50)31-17-10-7-11-18-31)42(51)45-33-20-14-21-34(26-33)55-29(3)40(49)47-43-39(44(52)54-5-2)35-23-24-48(28-38(35)56-43)27-30-15-8-6-9-16-30/h6-22,25-26,29H,4-5,23-24,27-28H2,1-3H3,(H,45,51)(H,46,50)(H,47,49)/b36-25+. The van der Waals surface area contributed by atoms with E-state index < -0.39 is 23.0 Å². The van der Waals surface area contributed by atoms with Crippen LogP contribution in [0.25, 0.3) is 6.08 Å². The number of nitrogens with one attached hydrogen (secondary N) is 3. The molecule has 1 atom stereocenters. The average Bonchev–Trinajstić information content (AvgIpc) is 3.56. The van der Waals surface area contributed by atoms with Crippen molar-refractivity contribution in [2.75, 3.05) is 30.4 Å². The molecule has 1 aliphatic rings. The number of nitrogens with zero attached hydrogens (tertiary/aromatic N) is 1. The number of hydrogen-bond acceptors (Lipinski definition) is 9. The second kappa shape index (κ2) is 19.3. The number of para-hydroxylation sites is 1. The Morgan fingerprint density at radius 1 is 0.875 bits per heavy atom. The fraction of sp³-hybridized carbons (Fsp3) is 0.227. The number of amides is 3. The molecule has 3 N–H and O–H groups in total. The number of carbonyl (C=O) groups excluding carboxylic acids is 4. The van der Waals surface area contributed by atoms with Crippen molar-refractivity contribution in [3.05, 3.63) is 148 Å². The van der Waals surface area contributed by atoms with Gasteiger partial charge in [0.2, 0.25) is 5.91 Å². The summed E-state index contributed by atoms with van der Waals surface area (Å²) >= 11 is 2.74. The van der Waals surface area contributed by atoms with Gasteiger partial charge in [-0.15, -0.1) is 23.1 Å². The summed E-state index contributed by atoms with van der Waals surface area (Å²) in [5.41, 5.74) is 4.12. The van der Waals surface area contributed by atoms with Crippen LogP contribution in [-0.4, -0.2) is 53.6 Å². The van der Waals surface area contributed by atoms with Crippen molar-refractivity contribution in [3.8, 4) is 5.75 Å². The van der Waals surface area contributed by atoms with E-state index in [1.165, 1.54) is 28.7 Å². The molecule has 288 valence electrons. The first-order valence-electron chi connectivity index (χ1n) is 18.5. The molecule has 56 heavy (non-hydrogen) atoms. The van der Waals surface area contributed by atoms with E-state index in [0.717, 1.165) is 28.4 Å². The van der Waals surface area contributed by atoms with Crippen LogP contribution in [0, 0.1) is 0 Å². The van der Waals surface area contributed by atoms with Gasteiger partial charge in [-0.25, -0.2) is 4.79 Å². The highest BCUT2D eigenvalue weighted by Gasteiger charge is 2.30. The highest BCUT2D eigenvalue weighted by Crippen LogP contribution is 2.39. The van der Waals surface area contributed by atoms with Crippen molar-refractivity contribution in [1.29, 1.82) is 0 Å². The molecule has 0 bridgehead atoms. The zero-order chi connectivity index (χ0) is 39.4. The molecule has 0 radical (unpaired) electrons. The maximum Gasteiger partial charge on any atom is 0.341 e.